The molecule has 1 aromatic rings. The summed E-state index contributed by atoms with van der Waals surface area (Å²) >= 11 is 0. The number of guanidine groups is 1. The molecule has 0 bridgehead atoms. The molecule has 1 atom stereocenters. The Morgan fingerprint density at radius 1 is 1.11 bits per heavy atom. The predicted molar refractivity (Wildman–Crippen MR) is 150 cm³/mol. The Morgan fingerprint density at radius 2 is 1.84 bits per heavy atom. The largest absolute Gasteiger partial charge is 0.493 e. The second-order valence-corrected chi connectivity index (χ2v) is 10.3. The Bertz CT molecular complexity index is 1000. The van der Waals surface area contributed by atoms with Crippen LogP contribution in [-0.4, -0.2) is 74.4 Å². The van der Waals surface area contributed by atoms with Gasteiger partial charge in [0.1, 0.15) is 5.75 Å². The van der Waals surface area contributed by atoms with Crippen molar-refractivity contribution in [1.82, 2.24) is 9.80 Å². The highest BCUT2D eigenvalue weighted by molar-refractivity contribution is 5.84. The van der Waals surface area contributed by atoms with Crippen LogP contribution in [0, 0.1) is 11.8 Å². The maximum atomic E-state index is 12.8. The van der Waals surface area contributed by atoms with Gasteiger partial charge in [-0.05, 0) is 81.4 Å². The maximum absolute atomic E-state index is 12.8. The van der Waals surface area contributed by atoms with Gasteiger partial charge in [0.25, 0.3) is 0 Å². The lowest BCUT2D eigenvalue weighted by Gasteiger charge is -2.32. The van der Waals surface area contributed by atoms with Crippen LogP contribution in [0.15, 0.2) is 52.1 Å². The summed E-state index contributed by atoms with van der Waals surface area (Å²) in [6.07, 6.45) is 9.94. The summed E-state index contributed by atoms with van der Waals surface area (Å²) in [4.78, 5) is 25.6. The number of hydrogen-bond acceptors (Lipinski definition) is 4. The standard InChI is InChI=1S/C30H42N4O3/c1-4-23(2)21-32-30(31-3)34-15-13-24(14-16-34)22-37-28-11-9-26(10-12-28)25-5-7-27(8-6-25)29(35)33-17-19-36-20-18-33/h5,9-12,21,24,27H,3-4,6-8,13-20,22H2,1-2H3/b23-21+,32-30?. The minimum absolute atomic E-state index is 0.109. The van der Waals surface area contributed by atoms with Gasteiger partial charge in [0, 0.05) is 38.3 Å². The number of carbonyl (C=O) groups excluding carboxylic acids is 1. The van der Waals surface area contributed by atoms with E-state index in [1.807, 2.05) is 11.1 Å². The zero-order chi connectivity index (χ0) is 26.0. The fraction of sp³-hybridized carbons (Fsp3) is 0.567. The van der Waals surface area contributed by atoms with Crippen molar-refractivity contribution in [2.75, 3.05) is 46.0 Å². The molecule has 1 amide bonds. The third-order valence-corrected chi connectivity index (χ3v) is 7.79. The summed E-state index contributed by atoms with van der Waals surface area (Å²) in [6, 6.07) is 8.45. The molecule has 0 saturated carbocycles. The number of rotatable bonds is 7. The molecule has 4 rings (SSSR count). The predicted octanol–water partition coefficient (Wildman–Crippen LogP) is 5.19. The average molecular weight is 507 g/mol. The van der Waals surface area contributed by atoms with Crippen LogP contribution in [0.5, 0.6) is 5.75 Å². The van der Waals surface area contributed by atoms with Gasteiger partial charge in [0.15, 0.2) is 0 Å². The molecule has 0 aromatic heterocycles. The van der Waals surface area contributed by atoms with Crippen molar-refractivity contribution in [3.8, 4) is 5.75 Å². The number of likely N-dealkylation sites (tertiary alicyclic amines) is 1. The molecule has 0 radical (unpaired) electrons. The first-order chi connectivity index (χ1) is 18.1. The lowest BCUT2D eigenvalue weighted by molar-refractivity contribution is -0.139. The number of carbonyl (C=O) groups is 1. The summed E-state index contributed by atoms with van der Waals surface area (Å²) in [5, 5.41) is 0. The van der Waals surface area contributed by atoms with E-state index in [1.165, 1.54) is 16.7 Å². The van der Waals surface area contributed by atoms with Crippen molar-refractivity contribution in [2.24, 2.45) is 21.8 Å². The fourth-order valence-corrected chi connectivity index (χ4v) is 5.12. The van der Waals surface area contributed by atoms with E-state index in [1.54, 1.807) is 0 Å². The van der Waals surface area contributed by atoms with Crippen LogP contribution in [0.2, 0.25) is 0 Å². The van der Waals surface area contributed by atoms with Crippen LogP contribution in [0.25, 0.3) is 5.57 Å². The monoisotopic (exact) mass is 506 g/mol. The summed E-state index contributed by atoms with van der Waals surface area (Å²) < 4.78 is 11.5. The third-order valence-electron chi connectivity index (χ3n) is 7.79. The topological polar surface area (TPSA) is 66.7 Å². The van der Waals surface area contributed by atoms with Gasteiger partial charge in [-0.3, -0.25) is 4.79 Å². The van der Waals surface area contributed by atoms with Crippen molar-refractivity contribution in [3.05, 3.63) is 47.7 Å². The zero-order valence-electron chi connectivity index (χ0n) is 22.5. The Labute approximate surface area is 221 Å². The van der Waals surface area contributed by atoms with Crippen molar-refractivity contribution in [2.45, 2.75) is 52.4 Å². The lowest BCUT2D eigenvalue weighted by Crippen LogP contribution is -2.44. The summed E-state index contributed by atoms with van der Waals surface area (Å²) in [6.45, 7) is 13.3. The SMILES string of the molecule is C=NC(=N/C=C(\C)CC)N1CCC(COc2ccc(C3=CCC(C(=O)N4CCOCC4)CC3)cc2)CC1. The van der Waals surface area contributed by atoms with Gasteiger partial charge in [0.2, 0.25) is 11.9 Å². The van der Waals surface area contributed by atoms with Gasteiger partial charge < -0.3 is 19.3 Å². The Kier molecular flexibility index (Phi) is 9.94. The van der Waals surface area contributed by atoms with Gasteiger partial charge in [-0.15, -0.1) is 0 Å². The molecule has 0 N–H and O–H groups in total. The number of nitrogens with zero attached hydrogens (tertiary/aromatic N) is 4. The second-order valence-electron chi connectivity index (χ2n) is 10.3. The number of aliphatic imine (C=N–C) groups is 2. The van der Waals surface area contributed by atoms with E-state index in [9.17, 15) is 4.79 Å². The summed E-state index contributed by atoms with van der Waals surface area (Å²) in [5.41, 5.74) is 3.80. The smallest absolute Gasteiger partial charge is 0.226 e. The van der Waals surface area contributed by atoms with Crippen LogP contribution in [0.3, 0.4) is 0 Å². The highest BCUT2D eigenvalue weighted by atomic mass is 16.5. The zero-order valence-corrected chi connectivity index (χ0v) is 22.5. The lowest BCUT2D eigenvalue weighted by atomic mass is 9.85. The maximum Gasteiger partial charge on any atom is 0.226 e. The van der Waals surface area contributed by atoms with Crippen molar-refractivity contribution in [1.29, 1.82) is 0 Å². The molecule has 1 aromatic carbocycles. The van der Waals surface area contributed by atoms with E-state index < -0.39 is 0 Å². The molecule has 200 valence electrons. The number of morpholine rings is 1. The first-order valence-electron chi connectivity index (χ1n) is 13.8. The molecule has 7 heteroatoms. The quantitative estimate of drug-likeness (QED) is 0.377. The highest BCUT2D eigenvalue weighted by Crippen LogP contribution is 2.32. The second kappa shape index (κ2) is 13.6. The first kappa shape index (κ1) is 27.1. The molecule has 2 saturated heterocycles. The molecular weight excluding hydrogens is 464 g/mol. The number of allylic oxidation sites excluding steroid dienone is 3. The highest BCUT2D eigenvalue weighted by Gasteiger charge is 2.27. The molecular formula is C30H42N4O3. The van der Waals surface area contributed by atoms with Gasteiger partial charge in [-0.25, -0.2) is 9.98 Å². The minimum Gasteiger partial charge on any atom is -0.493 e. The van der Waals surface area contributed by atoms with Crippen LogP contribution in [-0.2, 0) is 9.53 Å². The summed E-state index contributed by atoms with van der Waals surface area (Å²) in [5.74, 6) is 2.56. The molecule has 1 unspecified atom stereocenters. The van der Waals surface area contributed by atoms with E-state index in [2.05, 4.69) is 65.8 Å². The molecule has 1 aliphatic carbocycles. The van der Waals surface area contributed by atoms with E-state index in [0.717, 1.165) is 83.0 Å². The fourth-order valence-electron chi connectivity index (χ4n) is 5.12. The first-order valence-corrected chi connectivity index (χ1v) is 13.8. The van der Waals surface area contributed by atoms with Crippen LogP contribution >= 0.6 is 0 Å². The molecule has 2 aliphatic heterocycles. The Morgan fingerprint density at radius 3 is 2.46 bits per heavy atom. The van der Waals surface area contributed by atoms with Gasteiger partial charge in [-0.1, -0.05) is 30.7 Å². The Balaban J connectivity index is 1.22. The number of hydrogen-bond donors (Lipinski definition) is 0. The number of piperidine rings is 1. The molecule has 37 heavy (non-hydrogen) atoms. The van der Waals surface area contributed by atoms with Crippen LogP contribution < -0.4 is 4.74 Å². The average Bonchev–Trinajstić information content (AvgIpc) is 2.97. The third kappa shape index (κ3) is 7.54. The normalized spacial score (nSPS) is 22.0. The summed E-state index contributed by atoms with van der Waals surface area (Å²) in [7, 11) is 0. The van der Waals surface area contributed by atoms with E-state index in [-0.39, 0.29) is 5.92 Å². The molecule has 7 nitrogen and oxygen atoms in total. The van der Waals surface area contributed by atoms with Crippen molar-refractivity contribution >= 4 is 24.2 Å². The van der Waals surface area contributed by atoms with Gasteiger partial charge >= 0.3 is 0 Å². The number of ether oxygens (including phenoxy) is 2. The van der Waals surface area contributed by atoms with Crippen molar-refractivity contribution in [3.63, 3.8) is 0 Å². The Hall–Kier alpha value is -2.93. The van der Waals surface area contributed by atoms with E-state index >= 15 is 0 Å². The minimum atomic E-state index is 0.109. The molecule has 2 heterocycles. The van der Waals surface area contributed by atoms with Crippen LogP contribution in [0.1, 0.15) is 57.9 Å². The van der Waals surface area contributed by atoms with Crippen LogP contribution in [0.4, 0.5) is 0 Å². The van der Waals surface area contributed by atoms with E-state index in [0.29, 0.717) is 25.0 Å². The van der Waals surface area contributed by atoms with E-state index in [4.69, 9.17) is 9.47 Å². The van der Waals surface area contributed by atoms with Gasteiger partial charge in [-0.2, -0.15) is 0 Å². The molecule has 2 fully saturated rings. The number of amides is 1. The van der Waals surface area contributed by atoms with Crippen molar-refractivity contribution < 1.29 is 14.3 Å². The molecule has 0 spiro atoms. The number of benzene rings is 1. The molecule has 3 aliphatic rings. The van der Waals surface area contributed by atoms with Gasteiger partial charge in [0.05, 0.1) is 19.8 Å².